The highest BCUT2D eigenvalue weighted by Crippen LogP contribution is 2.40. The first-order valence-corrected chi connectivity index (χ1v) is 8.00. The molecule has 0 bridgehead atoms. The number of pyridine rings is 1. The third kappa shape index (κ3) is 4.75. The van der Waals surface area contributed by atoms with Crippen LogP contribution < -0.4 is 24.8 Å². The number of ether oxygens (including phenoxy) is 3. The summed E-state index contributed by atoms with van der Waals surface area (Å²) in [4.78, 5) is 28.5. The quantitative estimate of drug-likeness (QED) is 0.691. The first kappa shape index (κ1) is 19.8. The molecule has 8 nitrogen and oxygen atoms in total. The molecule has 0 saturated carbocycles. The molecule has 0 fully saturated rings. The Morgan fingerprint density at radius 3 is 2.30 bits per heavy atom. The standard InChI is InChI=1S/C19H21N3O5/c1-5-7-21-19(24)14-9-12(6-8-20-14)18(23)22-13-10-15(25-2)17(27-4)16(11-13)26-3/h5-6,8-11H,1,7H2,2-4H3,(H,21,24)(H,22,23). The average molecular weight is 371 g/mol. The lowest BCUT2D eigenvalue weighted by Crippen LogP contribution is -2.24. The molecule has 2 aromatic rings. The molecule has 0 aliphatic heterocycles. The predicted molar refractivity (Wildman–Crippen MR) is 101 cm³/mol. The van der Waals surface area contributed by atoms with Gasteiger partial charge < -0.3 is 24.8 Å². The fourth-order valence-electron chi connectivity index (χ4n) is 2.31. The molecule has 0 atom stereocenters. The Kier molecular flexibility index (Phi) is 6.76. The van der Waals surface area contributed by atoms with E-state index in [2.05, 4.69) is 22.2 Å². The number of hydrogen-bond donors (Lipinski definition) is 2. The van der Waals surface area contributed by atoms with E-state index in [1.807, 2.05) is 0 Å². The molecule has 8 heteroatoms. The van der Waals surface area contributed by atoms with Crippen molar-refractivity contribution >= 4 is 17.5 Å². The number of aromatic nitrogens is 1. The Hall–Kier alpha value is -3.55. The van der Waals surface area contributed by atoms with Crippen LogP contribution in [0.25, 0.3) is 0 Å². The monoisotopic (exact) mass is 371 g/mol. The number of anilines is 1. The van der Waals surface area contributed by atoms with Crippen LogP contribution in [-0.2, 0) is 0 Å². The van der Waals surface area contributed by atoms with Gasteiger partial charge in [0, 0.05) is 36.1 Å². The molecule has 0 radical (unpaired) electrons. The molecule has 2 amide bonds. The van der Waals surface area contributed by atoms with E-state index in [9.17, 15) is 9.59 Å². The second-order valence-electron chi connectivity index (χ2n) is 5.30. The molecule has 0 spiro atoms. The first-order chi connectivity index (χ1) is 13.0. The normalized spacial score (nSPS) is 9.89. The van der Waals surface area contributed by atoms with Gasteiger partial charge >= 0.3 is 0 Å². The van der Waals surface area contributed by atoms with Gasteiger partial charge in [-0.3, -0.25) is 14.6 Å². The second-order valence-corrected chi connectivity index (χ2v) is 5.30. The van der Waals surface area contributed by atoms with Crippen molar-refractivity contribution in [1.29, 1.82) is 0 Å². The Balaban J connectivity index is 2.25. The Morgan fingerprint density at radius 1 is 1.07 bits per heavy atom. The fraction of sp³-hybridized carbons (Fsp3) is 0.211. The number of methoxy groups -OCH3 is 3. The van der Waals surface area contributed by atoms with E-state index in [1.165, 1.54) is 39.7 Å². The van der Waals surface area contributed by atoms with Crippen LogP contribution in [0.1, 0.15) is 20.8 Å². The van der Waals surface area contributed by atoms with E-state index >= 15 is 0 Å². The number of nitrogens with zero attached hydrogens (tertiary/aromatic N) is 1. The molecule has 0 unspecified atom stereocenters. The predicted octanol–water partition coefficient (Wildman–Crippen LogP) is 2.28. The van der Waals surface area contributed by atoms with Crippen LogP contribution in [0.5, 0.6) is 17.2 Å². The van der Waals surface area contributed by atoms with Gasteiger partial charge in [-0.2, -0.15) is 0 Å². The van der Waals surface area contributed by atoms with Crippen molar-refractivity contribution in [2.24, 2.45) is 0 Å². The summed E-state index contributed by atoms with van der Waals surface area (Å²) >= 11 is 0. The molecule has 142 valence electrons. The summed E-state index contributed by atoms with van der Waals surface area (Å²) in [7, 11) is 4.47. The summed E-state index contributed by atoms with van der Waals surface area (Å²) in [6.45, 7) is 3.84. The molecule has 1 aromatic carbocycles. The van der Waals surface area contributed by atoms with Gasteiger partial charge in [0.05, 0.1) is 21.3 Å². The molecular formula is C19H21N3O5. The molecular weight excluding hydrogens is 350 g/mol. The smallest absolute Gasteiger partial charge is 0.270 e. The molecule has 27 heavy (non-hydrogen) atoms. The number of rotatable bonds is 8. The van der Waals surface area contributed by atoms with Crippen LogP contribution in [0.4, 0.5) is 5.69 Å². The molecule has 0 aliphatic carbocycles. The Labute approximate surface area is 157 Å². The average Bonchev–Trinajstić information content (AvgIpc) is 2.71. The minimum absolute atomic E-state index is 0.134. The van der Waals surface area contributed by atoms with E-state index in [4.69, 9.17) is 14.2 Å². The van der Waals surface area contributed by atoms with Crippen LogP contribution in [0.15, 0.2) is 43.1 Å². The van der Waals surface area contributed by atoms with Gasteiger partial charge in [-0.15, -0.1) is 6.58 Å². The van der Waals surface area contributed by atoms with Crippen LogP contribution in [0.3, 0.4) is 0 Å². The molecule has 2 rings (SSSR count). The van der Waals surface area contributed by atoms with E-state index in [0.29, 0.717) is 29.5 Å². The van der Waals surface area contributed by atoms with Crippen molar-refractivity contribution in [2.45, 2.75) is 0 Å². The van der Waals surface area contributed by atoms with Crippen LogP contribution in [0.2, 0.25) is 0 Å². The number of benzene rings is 1. The number of hydrogen-bond acceptors (Lipinski definition) is 6. The van der Waals surface area contributed by atoms with Gasteiger partial charge in [0.1, 0.15) is 5.69 Å². The maximum absolute atomic E-state index is 12.6. The zero-order valence-corrected chi connectivity index (χ0v) is 15.4. The molecule has 1 aromatic heterocycles. The minimum atomic E-state index is -0.413. The maximum Gasteiger partial charge on any atom is 0.270 e. The van der Waals surface area contributed by atoms with Crippen LogP contribution in [-0.4, -0.2) is 44.7 Å². The minimum Gasteiger partial charge on any atom is -0.493 e. The van der Waals surface area contributed by atoms with Crippen molar-refractivity contribution in [3.63, 3.8) is 0 Å². The highest BCUT2D eigenvalue weighted by molar-refractivity contribution is 6.06. The second kappa shape index (κ2) is 9.23. The van der Waals surface area contributed by atoms with Gasteiger partial charge in [-0.1, -0.05) is 6.08 Å². The van der Waals surface area contributed by atoms with Crippen LogP contribution >= 0.6 is 0 Å². The van der Waals surface area contributed by atoms with Gasteiger partial charge in [0.15, 0.2) is 11.5 Å². The summed E-state index contributed by atoms with van der Waals surface area (Å²) in [5, 5.41) is 5.35. The zero-order valence-electron chi connectivity index (χ0n) is 15.4. The third-order valence-electron chi connectivity index (χ3n) is 3.58. The first-order valence-electron chi connectivity index (χ1n) is 8.00. The summed E-state index contributed by atoms with van der Waals surface area (Å²) < 4.78 is 15.8. The molecule has 0 aliphatic rings. The topological polar surface area (TPSA) is 98.8 Å². The lowest BCUT2D eigenvalue weighted by Gasteiger charge is -2.14. The van der Waals surface area contributed by atoms with Gasteiger partial charge in [0.2, 0.25) is 5.75 Å². The lowest BCUT2D eigenvalue weighted by atomic mass is 10.2. The van der Waals surface area contributed by atoms with Crippen molar-refractivity contribution < 1.29 is 23.8 Å². The Bertz CT molecular complexity index is 826. The number of carbonyl (C=O) groups is 2. The molecule has 2 N–H and O–H groups in total. The lowest BCUT2D eigenvalue weighted by molar-refractivity contribution is 0.0953. The van der Waals surface area contributed by atoms with Crippen molar-refractivity contribution in [2.75, 3.05) is 33.2 Å². The fourth-order valence-corrected chi connectivity index (χ4v) is 2.31. The Morgan fingerprint density at radius 2 is 1.74 bits per heavy atom. The number of carbonyl (C=O) groups excluding carboxylic acids is 2. The maximum atomic E-state index is 12.6. The number of amides is 2. The SMILES string of the molecule is C=CCNC(=O)c1cc(C(=O)Nc2cc(OC)c(OC)c(OC)c2)ccn1. The largest absolute Gasteiger partial charge is 0.493 e. The molecule has 0 saturated heterocycles. The van der Waals surface area contributed by atoms with E-state index in [-0.39, 0.29) is 11.3 Å². The summed E-state index contributed by atoms with van der Waals surface area (Å²) in [6, 6.07) is 6.14. The summed E-state index contributed by atoms with van der Waals surface area (Å²) in [5.41, 5.74) is 0.862. The van der Waals surface area contributed by atoms with E-state index in [1.54, 1.807) is 18.2 Å². The summed E-state index contributed by atoms with van der Waals surface area (Å²) in [6.07, 6.45) is 2.95. The van der Waals surface area contributed by atoms with Gasteiger partial charge in [-0.05, 0) is 12.1 Å². The third-order valence-corrected chi connectivity index (χ3v) is 3.58. The van der Waals surface area contributed by atoms with Crippen molar-refractivity contribution in [3.8, 4) is 17.2 Å². The van der Waals surface area contributed by atoms with E-state index < -0.39 is 11.8 Å². The zero-order chi connectivity index (χ0) is 19.8. The molecule has 1 heterocycles. The highest BCUT2D eigenvalue weighted by Gasteiger charge is 2.16. The highest BCUT2D eigenvalue weighted by atomic mass is 16.5. The van der Waals surface area contributed by atoms with Crippen molar-refractivity contribution in [1.82, 2.24) is 10.3 Å². The summed E-state index contributed by atoms with van der Waals surface area (Å²) in [5.74, 6) is 0.433. The van der Waals surface area contributed by atoms with Crippen LogP contribution in [0, 0.1) is 0 Å². The number of nitrogens with one attached hydrogen (secondary N) is 2. The van der Waals surface area contributed by atoms with Crippen molar-refractivity contribution in [3.05, 3.63) is 54.4 Å². The van der Waals surface area contributed by atoms with Gasteiger partial charge in [-0.25, -0.2) is 0 Å². The van der Waals surface area contributed by atoms with E-state index in [0.717, 1.165) is 0 Å². The van der Waals surface area contributed by atoms with Gasteiger partial charge in [0.25, 0.3) is 11.8 Å².